The van der Waals surface area contributed by atoms with Gasteiger partial charge in [-0.15, -0.1) is 0 Å². The minimum atomic E-state index is -1.61. The van der Waals surface area contributed by atoms with Crippen molar-refractivity contribution in [3.63, 3.8) is 0 Å². The molecule has 2 heterocycles. The Labute approximate surface area is 189 Å². The number of fused-ring (bicyclic) bond motifs is 1. The third-order valence-corrected chi connectivity index (χ3v) is 5.92. The molecule has 0 amide bonds. The minimum Gasteiger partial charge on any atom is -0.497 e. The van der Waals surface area contributed by atoms with Crippen molar-refractivity contribution in [3.05, 3.63) is 57.7 Å². The van der Waals surface area contributed by atoms with E-state index in [1.807, 2.05) is 12.1 Å². The van der Waals surface area contributed by atoms with Gasteiger partial charge >= 0.3 is 0 Å². The van der Waals surface area contributed by atoms with Gasteiger partial charge in [-0.1, -0.05) is 0 Å². The molecule has 2 aliphatic heterocycles. The van der Waals surface area contributed by atoms with Gasteiger partial charge in [-0.2, -0.15) is 0 Å². The van der Waals surface area contributed by atoms with Gasteiger partial charge in [0.2, 0.25) is 6.29 Å². The number of hydrogen-bond acceptors (Lipinski definition) is 9. The van der Waals surface area contributed by atoms with Gasteiger partial charge in [0.1, 0.15) is 47.4 Å². The Bertz CT molecular complexity index is 1150. The van der Waals surface area contributed by atoms with Crippen molar-refractivity contribution in [1.82, 2.24) is 0 Å². The van der Waals surface area contributed by atoms with Gasteiger partial charge < -0.3 is 39.1 Å². The predicted molar refractivity (Wildman–Crippen MR) is 117 cm³/mol. The van der Waals surface area contributed by atoms with Crippen LogP contribution in [0.5, 0.6) is 11.5 Å². The fourth-order valence-corrected chi connectivity index (χ4v) is 3.92. The first kappa shape index (κ1) is 23.2. The average molecular weight is 458 g/mol. The number of methoxy groups -OCH3 is 1. The van der Waals surface area contributed by atoms with E-state index >= 15 is 0 Å². The normalized spacial score (nSPS) is 25.2. The number of aliphatic hydroxyl groups is 4. The lowest BCUT2D eigenvalue weighted by Gasteiger charge is -2.40. The monoisotopic (exact) mass is 458 g/mol. The molecular formula is C24H26O9. The van der Waals surface area contributed by atoms with E-state index in [1.165, 1.54) is 0 Å². The van der Waals surface area contributed by atoms with Crippen molar-refractivity contribution in [3.8, 4) is 34.1 Å². The largest absolute Gasteiger partial charge is 0.497 e. The maximum absolute atomic E-state index is 12.9. The zero-order valence-electron chi connectivity index (χ0n) is 18.4. The van der Waals surface area contributed by atoms with Crippen molar-refractivity contribution in [2.75, 3.05) is 13.7 Å². The van der Waals surface area contributed by atoms with E-state index < -0.39 is 37.3 Å². The second kappa shape index (κ2) is 9.12. The van der Waals surface area contributed by atoms with Crippen molar-refractivity contribution >= 4 is 0 Å². The Morgan fingerprint density at radius 1 is 0.939 bits per heavy atom. The molecule has 4 N–H and O–H groups in total. The number of ether oxygens (including phenoxy) is 3. The molecule has 0 spiro atoms. The summed E-state index contributed by atoms with van der Waals surface area (Å²) >= 11 is 0. The van der Waals surface area contributed by atoms with Gasteiger partial charge in [0, 0.05) is 16.7 Å². The lowest BCUT2D eigenvalue weighted by molar-refractivity contribution is -0.277. The molecule has 1 aliphatic carbocycles. The Morgan fingerprint density at radius 3 is 2.27 bits per heavy atom. The summed E-state index contributed by atoms with van der Waals surface area (Å²) in [6.45, 7) is 2.63. The second-order valence-electron chi connectivity index (χ2n) is 7.99. The highest BCUT2D eigenvalue weighted by Crippen LogP contribution is 2.39. The molecule has 0 bridgehead atoms. The standard InChI is InChI=1S/C24H26O9/c1-11-18(26)12(2)23(33-24-21(29)20(28)19(27)17(10-25)32-24)15-8-9-16(31-22(11)15)13-4-6-14(30-3)7-5-13/h4-9,17,19-21,24-25,27-29H,10H2,1-3H3/t17-,19-,20+,21-,24+/m1/s1. The summed E-state index contributed by atoms with van der Waals surface area (Å²) in [5, 5.41) is 39.8. The fraction of sp³-hybridized carbons (Fsp3) is 0.375. The summed E-state index contributed by atoms with van der Waals surface area (Å²) in [4.78, 5) is 12.9. The van der Waals surface area contributed by atoms with Gasteiger partial charge in [0.15, 0.2) is 5.43 Å². The molecule has 0 radical (unpaired) electrons. The van der Waals surface area contributed by atoms with Crippen LogP contribution in [0, 0.1) is 13.8 Å². The summed E-state index contributed by atoms with van der Waals surface area (Å²) in [6.07, 6.45) is -7.28. The van der Waals surface area contributed by atoms with E-state index in [0.717, 1.165) is 5.56 Å². The fourth-order valence-electron chi connectivity index (χ4n) is 3.92. The number of aliphatic hydroxyl groups excluding tert-OH is 4. The molecule has 176 valence electrons. The third-order valence-electron chi connectivity index (χ3n) is 5.92. The minimum absolute atomic E-state index is 0.120. The SMILES string of the molecule is COc1ccc(-c2ccc3c(O[C@@H]4O[C@H](CO)[C@@H](O)[C@H](O)[C@H]4O)c(C)c(=O)c(C)c-3o2)cc1. The van der Waals surface area contributed by atoms with Gasteiger partial charge in [0.05, 0.1) is 19.3 Å². The Morgan fingerprint density at radius 2 is 1.64 bits per heavy atom. The van der Waals surface area contributed by atoms with Crippen LogP contribution < -0.4 is 14.9 Å². The molecule has 1 aromatic rings. The molecule has 1 saturated heterocycles. The summed E-state index contributed by atoms with van der Waals surface area (Å²) in [6, 6.07) is 10.7. The van der Waals surface area contributed by atoms with E-state index in [-0.39, 0.29) is 16.7 Å². The van der Waals surface area contributed by atoms with Crippen LogP contribution in [0.2, 0.25) is 0 Å². The molecule has 0 saturated carbocycles. The van der Waals surface area contributed by atoms with Gasteiger partial charge in [0.25, 0.3) is 0 Å². The van der Waals surface area contributed by atoms with E-state index in [0.29, 0.717) is 28.4 Å². The van der Waals surface area contributed by atoms with Crippen LogP contribution in [-0.4, -0.2) is 64.8 Å². The van der Waals surface area contributed by atoms with Gasteiger partial charge in [-0.05, 0) is 50.2 Å². The average Bonchev–Trinajstić information content (AvgIpc) is 2.85. The summed E-state index contributed by atoms with van der Waals surface area (Å²) < 4.78 is 22.5. The van der Waals surface area contributed by atoms with Crippen molar-refractivity contribution in [1.29, 1.82) is 0 Å². The first-order valence-electron chi connectivity index (χ1n) is 10.5. The highest BCUT2D eigenvalue weighted by Gasteiger charge is 2.45. The molecule has 3 aliphatic rings. The maximum atomic E-state index is 12.9. The molecule has 9 heteroatoms. The summed E-state index contributed by atoms with van der Waals surface area (Å²) in [7, 11) is 1.58. The molecule has 0 aromatic heterocycles. The highest BCUT2D eigenvalue weighted by molar-refractivity contribution is 5.75. The Hall–Kier alpha value is -2.95. The Kier molecular flexibility index (Phi) is 6.42. The smallest absolute Gasteiger partial charge is 0.229 e. The second-order valence-corrected chi connectivity index (χ2v) is 7.99. The first-order valence-corrected chi connectivity index (χ1v) is 10.5. The summed E-state index contributed by atoms with van der Waals surface area (Å²) in [5.41, 5.74) is 1.60. The van der Waals surface area contributed by atoms with Crippen LogP contribution in [0.3, 0.4) is 0 Å². The van der Waals surface area contributed by atoms with Crippen LogP contribution >= 0.6 is 0 Å². The van der Waals surface area contributed by atoms with E-state index in [2.05, 4.69) is 0 Å². The highest BCUT2D eigenvalue weighted by atomic mass is 16.7. The maximum Gasteiger partial charge on any atom is 0.229 e. The van der Waals surface area contributed by atoms with Crippen molar-refractivity contribution in [2.45, 2.75) is 44.6 Å². The lowest BCUT2D eigenvalue weighted by atomic mass is 9.97. The number of hydrogen-bond donors (Lipinski definition) is 4. The van der Waals surface area contributed by atoms with Gasteiger partial charge in [-0.25, -0.2) is 0 Å². The zero-order chi connectivity index (χ0) is 23.9. The van der Waals surface area contributed by atoms with Crippen molar-refractivity contribution in [2.24, 2.45) is 0 Å². The molecule has 9 nitrogen and oxygen atoms in total. The van der Waals surface area contributed by atoms with Crippen LogP contribution in [0.15, 0.2) is 45.6 Å². The van der Waals surface area contributed by atoms with Gasteiger partial charge in [-0.3, -0.25) is 4.79 Å². The van der Waals surface area contributed by atoms with E-state index in [9.17, 15) is 25.2 Å². The number of rotatable bonds is 5. The molecule has 33 heavy (non-hydrogen) atoms. The molecule has 4 rings (SSSR count). The lowest BCUT2D eigenvalue weighted by Crippen LogP contribution is -2.60. The van der Waals surface area contributed by atoms with E-state index in [1.54, 1.807) is 45.2 Å². The third kappa shape index (κ3) is 4.09. The Balaban J connectivity index is 1.76. The van der Waals surface area contributed by atoms with Crippen LogP contribution in [0.25, 0.3) is 22.6 Å². The quantitative estimate of drug-likeness (QED) is 0.444. The molecule has 5 atom stereocenters. The molecule has 1 aromatic carbocycles. The number of benzene rings is 2. The van der Waals surface area contributed by atoms with Crippen LogP contribution in [0.4, 0.5) is 0 Å². The molecular weight excluding hydrogens is 432 g/mol. The summed E-state index contributed by atoms with van der Waals surface area (Å²) in [5.74, 6) is 1.65. The van der Waals surface area contributed by atoms with Crippen LogP contribution in [-0.2, 0) is 4.74 Å². The predicted octanol–water partition coefficient (Wildman–Crippen LogP) is 1.22. The zero-order valence-corrected chi connectivity index (χ0v) is 18.4. The molecule has 1 fully saturated rings. The topological polar surface area (TPSA) is 139 Å². The molecule has 0 unspecified atom stereocenters. The van der Waals surface area contributed by atoms with E-state index in [4.69, 9.17) is 18.6 Å². The van der Waals surface area contributed by atoms with Crippen LogP contribution in [0.1, 0.15) is 11.1 Å². The van der Waals surface area contributed by atoms with Crippen molar-refractivity contribution < 1.29 is 39.1 Å². The first-order chi connectivity index (χ1) is 15.8.